The van der Waals surface area contributed by atoms with Gasteiger partial charge in [-0.05, 0) is 24.5 Å². The van der Waals surface area contributed by atoms with Crippen LogP contribution in [0.2, 0.25) is 0 Å². The number of rotatable bonds is 5. The van der Waals surface area contributed by atoms with Crippen molar-refractivity contribution in [1.82, 2.24) is 4.98 Å². The fourth-order valence-electron chi connectivity index (χ4n) is 1.43. The SMILES string of the molecule is CCOc1cncc(C(C)C(C)C(=O)O)c1. The van der Waals surface area contributed by atoms with Crippen LogP contribution in [-0.2, 0) is 4.79 Å². The molecule has 0 saturated carbocycles. The lowest BCUT2D eigenvalue weighted by atomic mass is 9.90. The first-order valence-electron chi connectivity index (χ1n) is 5.36. The lowest BCUT2D eigenvalue weighted by molar-refractivity contribution is -0.141. The summed E-state index contributed by atoms with van der Waals surface area (Å²) in [5.74, 6) is -0.622. The highest BCUT2D eigenvalue weighted by Gasteiger charge is 2.21. The van der Waals surface area contributed by atoms with E-state index in [9.17, 15) is 4.79 Å². The number of carbonyl (C=O) groups is 1. The van der Waals surface area contributed by atoms with Gasteiger partial charge in [-0.2, -0.15) is 0 Å². The predicted octanol–water partition coefficient (Wildman–Crippen LogP) is 2.30. The van der Waals surface area contributed by atoms with E-state index in [-0.39, 0.29) is 5.92 Å². The third-order valence-corrected chi connectivity index (χ3v) is 2.71. The second-order valence-electron chi connectivity index (χ2n) is 3.80. The van der Waals surface area contributed by atoms with Gasteiger partial charge in [0.05, 0.1) is 18.7 Å². The normalized spacial score (nSPS) is 14.2. The van der Waals surface area contributed by atoms with E-state index < -0.39 is 11.9 Å². The summed E-state index contributed by atoms with van der Waals surface area (Å²) in [7, 11) is 0. The molecule has 0 fully saturated rings. The number of hydrogen-bond acceptors (Lipinski definition) is 3. The van der Waals surface area contributed by atoms with Gasteiger partial charge in [0.2, 0.25) is 0 Å². The quantitative estimate of drug-likeness (QED) is 0.832. The van der Waals surface area contributed by atoms with Crippen molar-refractivity contribution in [2.45, 2.75) is 26.7 Å². The van der Waals surface area contributed by atoms with E-state index in [0.717, 1.165) is 5.56 Å². The van der Waals surface area contributed by atoms with Crippen molar-refractivity contribution in [3.8, 4) is 5.75 Å². The molecule has 0 aromatic carbocycles. The van der Waals surface area contributed by atoms with E-state index >= 15 is 0 Å². The van der Waals surface area contributed by atoms with Crippen molar-refractivity contribution in [3.05, 3.63) is 24.0 Å². The molecule has 2 unspecified atom stereocenters. The first kappa shape index (κ1) is 12.5. The van der Waals surface area contributed by atoms with Gasteiger partial charge in [0, 0.05) is 6.20 Å². The highest BCUT2D eigenvalue weighted by atomic mass is 16.5. The van der Waals surface area contributed by atoms with Crippen molar-refractivity contribution in [2.75, 3.05) is 6.61 Å². The minimum Gasteiger partial charge on any atom is -0.492 e. The van der Waals surface area contributed by atoms with Crippen molar-refractivity contribution in [2.24, 2.45) is 5.92 Å². The molecule has 2 atom stereocenters. The van der Waals surface area contributed by atoms with Crippen LogP contribution in [0.1, 0.15) is 32.3 Å². The van der Waals surface area contributed by atoms with Gasteiger partial charge in [-0.1, -0.05) is 13.8 Å². The summed E-state index contributed by atoms with van der Waals surface area (Å²) in [5, 5.41) is 8.93. The number of pyridine rings is 1. The molecule has 0 bridgehead atoms. The van der Waals surface area contributed by atoms with Crippen molar-refractivity contribution in [3.63, 3.8) is 0 Å². The zero-order valence-corrected chi connectivity index (χ0v) is 9.80. The lowest BCUT2D eigenvalue weighted by Crippen LogP contribution is -2.16. The third-order valence-electron chi connectivity index (χ3n) is 2.71. The van der Waals surface area contributed by atoms with Crippen LogP contribution < -0.4 is 4.74 Å². The van der Waals surface area contributed by atoms with Crippen LogP contribution >= 0.6 is 0 Å². The van der Waals surface area contributed by atoms with Gasteiger partial charge in [-0.25, -0.2) is 0 Å². The Bertz CT molecular complexity index is 365. The average molecular weight is 223 g/mol. The topological polar surface area (TPSA) is 59.4 Å². The summed E-state index contributed by atoms with van der Waals surface area (Å²) >= 11 is 0. The number of hydrogen-bond donors (Lipinski definition) is 1. The van der Waals surface area contributed by atoms with Crippen LogP contribution in [0.4, 0.5) is 0 Å². The molecular formula is C12H17NO3. The molecule has 1 aromatic rings. The molecular weight excluding hydrogens is 206 g/mol. The summed E-state index contributed by atoms with van der Waals surface area (Å²) in [5.41, 5.74) is 0.890. The van der Waals surface area contributed by atoms with E-state index in [2.05, 4.69) is 4.98 Å². The van der Waals surface area contributed by atoms with Crippen molar-refractivity contribution < 1.29 is 14.6 Å². The number of aromatic nitrogens is 1. The zero-order chi connectivity index (χ0) is 12.1. The fourth-order valence-corrected chi connectivity index (χ4v) is 1.43. The molecule has 0 aliphatic rings. The van der Waals surface area contributed by atoms with Gasteiger partial charge in [0.25, 0.3) is 0 Å². The Balaban J connectivity index is 2.86. The predicted molar refractivity (Wildman–Crippen MR) is 60.6 cm³/mol. The monoisotopic (exact) mass is 223 g/mol. The largest absolute Gasteiger partial charge is 0.492 e. The van der Waals surface area contributed by atoms with Gasteiger partial charge in [-0.15, -0.1) is 0 Å². The maximum Gasteiger partial charge on any atom is 0.306 e. The third kappa shape index (κ3) is 2.95. The standard InChI is InChI=1S/C12H17NO3/c1-4-16-11-5-10(6-13-7-11)8(2)9(3)12(14)15/h5-9H,4H2,1-3H3,(H,14,15). The van der Waals surface area contributed by atoms with Crippen LogP contribution in [0.3, 0.4) is 0 Å². The summed E-state index contributed by atoms with van der Waals surface area (Å²) in [6.45, 7) is 6.05. The number of carboxylic acids is 1. The van der Waals surface area contributed by atoms with Crippen LogP contribution in [0, 0.1) is 5.92 Å². The fraction of sp³-hybridized carbons (Fsp3) is 0.500. The van der Waals surface area contributed by atoms with Gasteiger partial charge < -0.3 is 9.84 Å². The van der Waals surface area contributed by atoms with Crippen molar-refractivity contribution >= 4 is 5.97 Å². The van der Waals surface area contributed by atoms with Crippen LogP contribution in [0.15, 0.2) is 18.5 Å². The van der Waals surface area contributed by atoms with Gasteiger partial charge in [-0.3, -0.25) is 9.78 Å². The molecule has 0 aliphatic heterocycles. The van der Waals surface area contributed by atoms with Crippen molar-refractivity contribution in [1.29, 1.82) is 0 Å². The zero-order valence-electron chi connectivity index (χ0n) is 9.80. The van der Waals surface area contributed by atoms with Crippen LogP contribution in [0.5, 0.6) is 5.75 Å². The summed E-state index contributed by atoms with van der Waals surface area (Å²) in [6.07, 6.45) is 3.32. The summed E-state index contributed by atoms with van der Waals surface area (Å²) in [6, 6.07) is 1.85. The van der Waals surface area contributed by atoms with Gasteiger partial charge in [0.15, 0.2) is 0 Å². The highest BCUT2D eigenvalue weighted by Crippen LogP contribution is 2.26. The second kappa shape index (κ2) is 5.49. The lowest BCUT2D eigenvalue weighted by Gasteiger charge is -2.16. The Morgan fingerprint density at radius 3 is 2.75 bits per heavy atom. The second-order valence-corrected chi connectivity index (χ2v) is 3.80. The molecule has 4 nitrogen and oxygen atoms in total. The maximum atomic E-state index is 10.9. The van der Waals surface area contributed by atoms with Gasteiger partial charge >= 0.3 is 5.97 Å². The molecule has 0 radical (unpaired) electrons. The first-order valence-corrected chi connectivity index (χ1v) is 5.36. The summed E-state index contributed by atoms with van der Waals surface area (Å²) in [4.78, 5) is 14.9. The minimum absolute atomic E-state index is 0.0783. The molecule has 0 saturated heterocycles. The molecule has 1 rings (SSSR count). The molecule has 0 aliphatic carbocycles. The molecule has 0 amide bonds. The van der Waals surface area contributed by atoms with E-state index in [1.807, 2.05) is 19.9 Å². The molecule has 16 heavy (non-hydrogen) atoms. The van der Waals surface area contributed by atoms with E-state index in [1.165, 1.54) is 0 Å². The van der Waals surface area contributed by atoms with Crippen LogP contribution in [-0.4, -0.2) is 22.7 Å². The highest BCUT2D eigenvalue weighted by molar-refractivity contribution is 5.70. The number of nitrogens with zero attached hydrogens (tertiary/aromatic N) is 1. The molecule has 0 spiro atoms. The Morgan fingerprint density at radius 1 is 1.50 bits per heavy atom. The van der Waals surface area contributed by atoms with Gasteiger partial charge in [0.1, 0.15) is 5.75 Å². The number of ether oxygens (including phenoxy) is 1. The Kier molecular flexibility index (Phi) is 4.28. The Labute approximate surface area is 95.3 Å². The van der Waals surface area contributed by atoms with E-state index in [4.69, 9.17) is 9.84 Å². The first-order chi connectivity index (χ1) is 7.56. The summed E-state index contributed by atoms with van der Waals surface area (Å²) < 4.78 is 5.33. The molecule has 88 valence electrons. The Hall–Kier alpha value is -1.58. The molecule has 1 aromatic heterocycles. The van der Waals surface area contributed by atoms with E-state index in [1.54, 1.807) is 19.3 Å². The minimum atomic E-state index is -0.797. The number of aliphatic carboxylic acids is 1. The molecule has 1 N–H and O–H groups in total. The smallest absolute Gasteiger partial charge is 0.306 e. The maximum absolute atomic E-state index is 10.9. The van der Waals surface area contributed by atoms with E-state index in [0.29, 0.717) is 12.4 Å². The molecule has 1 heterocycles. The molecule has 4 heteroatoms. The number of carboxylic acid groups (broad SMARTS) is 1. The Morgan fingerprint density at radius 2 is 2.19 bits per heavy atom. The van der Waals surface area contributed by atoms with Crippen LogP contribution in [0.25, 0.3) is 0 Å². The average Bonchev–Trinajstić information content (AvgIpc) is 2.28.